The average molecular weight is 408 g/mol. The van der Waals surface area contributed by atoms with Crippen LogP contribution in [0.2, 0.25) is 0 Å². The van der Waals surface area contributed by atoms with Gasteiger partial charge in [0.1, 0.15) is 17.8 Å². The molecule has 0 aliphatic carbocycles. The van der Waals surface area contributed by atoms with E-state index in [0.29, 0.717) is 22.7 Å². The summed E-state index contributed by atoms with van der Waals surface area (Å²) in [4.78, 5) is 50.2. The Balaban J connectivity index is 1.52. The van der Waals surface area contributed by atoms with Crippen molar-refractivity contribution in [1.82, 2.24) is 10.6 Å². The van der Waals surface area contributed by atoms with E-state index in [-0.39, 0.29) is 25.5 Å². The van der Waals surface area contributed by atoms with Crippen molar-refractivity contribution < 1.29 is 23.9 Å². The molecule has 2 aliphatic rings. The number of carbonyl (C=O) groups is 4. The number of ether oxygens (including phenoxy) is 1. The SMILES string of the molecule is C[C@@]1(c2cccc(NC(=O)CN3C(=O)CCOc4ccccc43)c2)NC(=O)NC1=O. The highest BCUT2D eigenvalue weighted by molar-refractivity contribution is 6.07. The zero-order valence-electron chi connectivity index (χ0n) is 16.2. The molecule has 3 N–H and O–H groups in total. The Morgan fingerprint density at radius 2 is 1.97 bits per heavy atom. The molecule has 2 aromatic carbocycles. The van der Waals surface area contributed by atoms with Gasteiger partial charge in [0.05, 0.1) is 18.7 Å². The van der Waals surface area contributed by atoms with E-state index in [1.807, 2.05) is 0 Å². The van der Waals surface area contributed by atoms with Gasteiger partial charge in [-0.3, -0.25) is 24.6 Å². The van der Waals surface area contributed by atoms with E-state index >= 15 is 0 Å². The Morgan fingerprint density at radius 3 is 2.73 bits per heavy atom. The highest BCUT2D eigenvalue weighted by Crippen LogP contribution is 2.31. The highest BCUT2D eigenvalue weighted by atomic mass is 16.5. The summed E-state index contributed by atoms with van der Waals surface area (Å²) in [6.07, 6.45) is 0.171. The number of hydrogen-bond donors (Lipinski definition) is 3. The fourth-order valence-corrected chi connectivity index (χ4v) is 3.49. The number of anilines is 2. The van der Waals surface area contributed by atoms with Gasteiger partial charge in [-0.2, -0.15) is 0 Å². The second-order valence-corrected chi connectivity index (χ2v) is 7.21. The van der Waals surface area contributed by atoms with Crippen molar-refractivity contribution in [1.29, 1.82) is 0 Å². The van der Waals surface area contributed by atoms with E-state index in [2.05, 4.69) is 16.0 Å². The summed E-state index contributed by atoms with van der Waals surface area (Å²) in [6, 6.07) is 13.1. The number of rotatable bonds is 4. The molecule has 4 rings (SSSR count). The summed E-state index contributed by atoms with van der Waals surface area (Å²) in [7, 11) is 0. The molecule has 0 spiro atoms. The van der Waals surface area contributed by atoms with Crippen LogP contribution in [0.25, 0.3) is 0 Å². The number of hydrogen-bond acceptors (Lipinski definition) is 5. The number of para-hydroxylation sites is 2. The van der Waals surface area contributed by atoms with Crippen LogP contribution < -0.4 is 25.6 Å². The minimum absolute atomic E-state index is 0.171. The Kier molecular flexibility index (Phi) is 4.86. The van der Waals surface area contributed by atoms with Crippen LogP contribution in [0.4, 0.5) is 16.2 Å². The summed E-state index contributed by atoms with van der Waals surface area (Å²) in [5.41, 5.74) is 0.281. The normalized spacial score (nSPS) is 20.6. The lowest BCUT2D eigenvalue weighted by molar-refractivity contribution is -0.123. The summed E-state index contributed by atoms with van der Waals surface area (Å²) >= 11 is 0. The zero-order chi connectivity index (χ0) is 21.3. The number of urea groups is 1. The van der Waals surface area contributed by atoms with Crippen molar-refractivity contribution in [3.63, 3.8) is 0 Å². The van der Waals surface area contributed by atoms with E-state index in [9.17, 15) is 19.2 Å². The summed E-state index contributed by atoms with van der Waals surface area (Å²) in [5, 5.41) is 7.55. The van der Waals surface area contributed by atoms with Gasteiger partial charge in [0, 0.05) is 5.69 Å². The first kappa shape index (κ1) is 19.4. The molecule has 0 radical (unpaired) electrons. The quantitative estimate of drug-likeness (QED) is 0.663. The number of imide groups is 1. The largest absolute Gasteiger partial charge is 0.491 e. The van der Waals surface area contributed by atoms with Crippen molar-refractivity contribution >= 4 is 35.1 Å². The van der Waals surface area contributed by atoms with Crippen molar-refractivity contribution in [3.8, 4) is 5.75 Å². The van der Waals surface area contributed by atoms with Crippen molar-refractivity contribution in [2.24, 2.45) is 0 Å². The molecule has 1 atom stereocenters. The maximum absolute atomic E-state index is 12.7. The molecular formula is C21H20N4O5. The number of carbonyl (C=O) groups excluding carboxylic acids is 4. The number of benzene rings is 2. The molecule has 1 fully saturated rings. The standard InChI is InChI=1S/C21H20N4O5/c1-21(19(28)23-20(29)24-21)13-5-4-6-14(11-13)22-17(26)12-25-15-7-2-3-8-16(15)30-10-9-18(25)27/h2-8,11H,9-10,12H2,1H3,(H,22,26)(H2,23,24,28,29)/t21-/m0/s1. The van der Waals surface area contributed by atoms with Gasteiger partial charge >= 0.3 is 6.03 Å². The summed E-state index contributed by atoms with van der Waals surface area (Å²) in [6.45, 7) is 1.65. The van der Waals surface area contributed by atoms with Crippen LogP contribution >= 0.6 is 0 Å². The Labute approximate surface area is 172 Å². The maximum atomic E-state index is 12.7. The van der Waals surface area contributed by atoms with Gasteiger partial charge in [0.15, 0.2) is 0 Å². The molecule has 0 bridgehead atoms. The van der Waals surface area contributed by atoms with Gasteiger partial charge in [-0.15, -0.1) is 0 Å². The van der Waals surface area contributed by atoms with E-state index in [0.717, 1.165) is 0 Å². The second kappa shape index (κ2) is 7.51. The van der Waals surface area contributed by atoms with Crippen LogP contribution in [-0.4, -0.2) is 36.9 Å². The molecule has 0 unspecified atom stereocenters. The van der Waals surface area contributed by atoms with Crippen LogP contribution in [0, 0.1) is 0 Å². The minimum atomic E-state index is -1.23. The fourth-order valence-electron chi connectivity index (χ4n) is 3.49. The Morgan fingerprint density at radius 1 is 1.17 bits per heavy atom. The van der Waals surface area contributed by atoms with Gasteiger partial charge in [-0.25, -0.2) is 4.79 Å². The van der Waals surface area contributed by atoms with E-state index in [1.54, 1.807) is 55.5 Å². The second-order valence-electron chi connectivity index (χ2n) is 7.21. The molecule has 30 heavy (non-hydrogen) atoms. The van der Waals surface area contributed by atoms with Crippen molar-refractivity contribution in [2.45, 2.75) is 18.9 Å². The third-order valence-electron chi connectivity index (χ3n) is 5.10. The van der Waals surface area contributed by atoms with Crippen LogP contribution in [-0.2, 0) is 19.9 Å². The van der Waals surface area contributed by atoms with Gasteiger partial charge in [0.2, 0.25) is 11.8 Å². The van der Waals surface area contributed by atoms with Gasteiger partial charge < -0.3 is 15.4 Å². The van der Waals surface area contributed by atoms with Gasteiger partial charge in [-0.05, 0) is 36.8 Å². The number of fused-ring (bicyclic) bond motifs is 1. The summed E-state index contributed by atoms with van der Waals surface area (Å²) < 4.78 is 5.58. The first-order chi connectivity index (χ1) is 14.4. The Bertz CT molecular complexity index is 1050. The third-order valence-corrected chi connectivity index (χ3v) is 5.10. The minimum Gasteiger partial charge on any atom is -0.491 e. The summed E-state index contributed by atoms with van der Waals surface area (Å²) in [5.74, 6) is -0.527. The molecule has 2 aliphatic heterocycles. The molecule has 0 aromatic heterocycles. The molecule has 154 valence electrons. The molecule has 1 saturated heterocycles. The van der Waals surface area contributed by atoms with Crippen LogP contribution in [0.3, 0.4) is 0 Å². The predicted octanol–water partition coefficient (Wildman–Crippen LogP) is 1.50. The maximum Gasteiger partial charge on any atom is 0.322 e. The fraction of sp³-hybridized carbons (Fsp3) is 0.238. The van der Waals surface area contributed by atoms with Gasteiger partial charge in [-0.1, -0.05) is 24.3 Å². The van der Waals surface area contributed by atoms with Crippen molar-refractivity contribution in [2.75, 3.05) is 23.4 Å². The average Bonchev–Trinajstić information content (AvgIpc) is 2.89. The first-order valence-electron chi connectivity index (χ1n) is 9.43. The lowest BCUT2D eigenvalue weighted by atomic mass is 9.92. The monoisotopic (exact) mass is 408 g/mol. The highest BCUT2D eigenvalue weighted by Gasteiger charge is 2.43. The third kappa shape index (κ3) is 3.57. The van der Waals surface area contributed by atoms with Crippen LogP contribution in [0.1, 0.15) is 18.9 Å². The van der Waals surface area contributed by atoms with E-state index < -0.39 is 23.4 Å². The van der Waals surface area contributed by atoms with E-state index in [4.69, 9.17) is 4.74 Å². The molecule has 5 amide bonds. The number of amides is 5. The lowest BCUT2D eigenvalue weighted by Crippen LogP contribution is -2.40. The Hall–Kier alpha value is -3.88. The molecule has 0 saturated carbocycles. The first-order valence-corrected chi connectivity index (χ1v) is 9.43. The van der Waals surface area contributed by atoms with Crippen molar-refractivity contribution in [3.05, 3.63) is 54.1 Å². The number of nitrogens with one attached hydrogen (secondary N) is 3. The molecular weight excluding hydrogens is 388 g/mol. The molecule has 9 heteroatoms. The molecule has 9 nitrogen and oxygen atoms in total. The van der Waals surface area contributed by atoms with E-state index in [1.165, 1.54) is 4.90 Å². The molecule has 2 aromatic rings. The molecule has 2 heterocycles. The van der Waals surface area contributed by atoms with Crippen LogP contribution in [0.5, 0.6) is 5.75 Å². The topological polar surface area (TPSA) is 117 Å². The lowest BCUT2D eigenvalue weighted by Gasteiger charge is -2.23. The smallest absolute Gasteiger partial charge is 0.322 e. The number of nitrogens with zero attached hydrogens (tertiary/aromatic N) is 1. The van der Waals surface area contributed by atoms with Gasteiger partial charge in [0.25, 0.3) is 5.91 Å². The van der Waals surface area contributed by atoms with Crippen LogP contribution in [0.15, 0.2) is 48.5 Å². The zero-order valence-corrected chi connectivity index (χ0v) is 16.2. The predicted molar refractivity (Wildman–Crippen MR) is 108 cm³/mol.